The number of fused-ring (bicyclic) bond motifs is 3. The molecule has 0 aliphatic heterocycles. The molecule has 6 heteroatoms. The molecular weight excluding hydrogens is 283 g/mol. The van der Waals surface area contributed by atoms with E-state index in [4.69, 9.17) is 35.8 Å². The molecule has 3 rings (SSSR count). The van der Waals surface area contributed by atoms with Gasteiger partial charge in [0, 0.05) is 10.8 Å². The molecule has 0 atom stereocenters. The third-order valence-corrected chi connectivity index (χ3v) is 3.68. The summed E-state index contributed by atoms with van der Waals surface area (Å²) in [5.74, 6) is 0. The van der Waals surface area contributed by atoms with E-state index < -0.39 is 0 Å². The summed E-state index contributed by atoms with van der Waals surface area (Å²) in [5, 5.41) is 1.56. The van der Waals surface area contributed by atoms with Crippen LogP contribution in [0.25, 0.3) is 21.9 Å². The zero-order valence-corrected chi connectivity index (χ0v) is 10.9. The van der Waals surface area contributed by atoms with Crippen molar-refractivity contribution in [3.63, 3.8) is 0 Å². The second-order valence-electron chi connectivity index (χ2n) is 4.08. The van der Waals surface area contributed by atoms with Gasteiger partial charge in [-0.2, -0.15) is 0 Å². The third kappa shape index (κ3) is 1.45. The van der Waals surface area contributed by atoms with Crippen molar-refractivity contribution in [3.8, 4) is 0 Å². The lowest BCUT2D eigenvalue weighted by molar-refractivity contribution is 0.670. The minimum absolute atomic E-state index is 0.259. The second-order valence-corrected chi connectivity index (χ2v) is 4.93. The van der Waals surface area contributed by atoms with Crippen molar-refractivity contribution < 1.29 is 4.42 Å². The zero-order chi connectivity index (χ0) is 13.0. The molecular formula is C12H3B4BrO. The summed E-state index contributed by atoms with van der Waals surface area (Å²) in [6.45, 7) is 0. The number of benzene rings is 2. The average molecular weight is 286 g/mol. The predicted molar refractivity (Wildman–Crippen MR) is 83.0 cm³/mol. The molecule has 0 spiro atoms. The van der Waals surface area contributed by atoms with Gasteiger partial charge in [-0.1, -0.05) is 23.1 Å². The smallest absolute Gasteiger partial charge is 0.149 e. The molecule has 0 aliphatic carbocycles. The summed E-state index contributed by atoms with van der Waals surface area (Å²) in [4.78, 5) is 0. The molecule has 1 aromatic heterocycles. The van der Waals surface area contributed by atoms with Gasteiger partial charge in [-0.3, -0.25) is 0 Å². The Balaban J connectivity index is 2.67. The Labute approximate surface area is 118 Å². The van der Waals surface area contributed by atoms with Gasteiger partial charge in [0.25, 0.3) is 0 Å². The maximum atomic E-state index is 6.01. The van der Waals surface area contributed by atoms with Crippen LogP contribution in [0, 0.1) is 0 Å². The van der Waals surface area contributed by atoms with Crippen LogP contribution in [0.5, 0.6) is 0 Å². The zero-order valence-electron chi connectivity index (χ0n) is 9.33. The largest absolute Gasteiger partial charge is 0.456 e. The maximum absolute atomic E-state index is 6.01. The Morgan fingerprint density at radius 3 is 2.22 bits per heavy atom. The Morgan fingerprint density at radius 2 is 1.50 bits per heavy atom. The highest BCUT2D eigenvalue weighted by Crippen LogP contribution is 2.30. The van der Waals surface area contributed by atoms with E-state index >= 15 is 0 Å². The van der Waals surface area contributed by atoms with Crippen LogP contribution in [0.3, 0.4) is 0 Å². The van der Waals surface area contributed by atoms with Crippen LogP contribution >= 0.6 is 15.9 Å². The number of furan rings is 1. The summed E-state index contributed by atoms with van der Waals surface area (Å²) < 4.78 is 6.57. The first kappa shape index (κ1) is 12.0. The summed E-state index contributed by atoms with van der Waals surface area (Å²) in [6.07, 6.45) is 0. The molecule has 3 aromatic rings. The van der Waals surface area contributed by atoms with Gasteiger partial charge >= 0.3 is 0 Å². The number of halogens is 1. The lowest BCUT2D eigenvalue weighted by Crippen LogP contribution is -2.47. The first-order valence-corrected chi connectivity index (χ1v) is 6.04. The van der Waals surface area contributed by atoms with E-state index in [1.54, 1.807) is 0 Å². The molecule has 2 aromatic carbocycles. The van der Waals surface area contributed by atoms with Gasteiger partial charge in [-0.05, 0) is 22.0 Å². The van der Waals surface area contributed by atoms with Crippen LogP contribution in [-0.2, 0) is 0 Å². The lowest BCUT2D eigenvalue weighted by Gasteiger charge is -2.11. The predicted octanol–water partition coefficient (Wildman–Crippen LogP) is -0.476. The summed E-state index contributed by atoms with van der Waals surface area (Å²) in [7, 11) is 23.6. The average Bonchev–Trinajstić information content (AvgIpc) is 2.75. The Kier molecular flexibility index (Phi) is 2.67. The first-order valence-electron chi connectivity index (χ1n) is 5.25. The van der Waals surface area contributed by atoms with E-state index in [0.717, 1.165) is 9.86 Å². The highest BCUT2D eigenvalue weighted by molar-refractivity contribution is 9.10. The Hall–Kier alpha value is -1.02. The van der Waals surface area contributed by atoms with Gasteiger partial charge < -0.3 is 4.42 Å². The number of hydrogen-bond donors (Lipinski definition) is 0. The quantitative estimate of drug-likeness (QED) is 0.509. The monoisotopic (exact) mass is 286 g/mol. The van der Waals surface area contributed by atoms with Crippen molar-refractivity contribution in [2.45, 2.75) is 0 Å². The highest BCUT2D eigenvalue weighted by Gasteiger charge is 2.15. The Bertz CT molecular complexity index is 794. The number of para-hydroxylation sites is 1. The van der Waals surface area contributed by atoms with Crippen molar-refractivity contribution in [3.05, 3.63) is 22.7 Å². The topological polar surface area (TPSA) is 13.1 Å². The fraction of sp³-hybridized carbons (Fsp3) is 0. The standard InChI is InChI=1S/C12H3B4BrO/c13-7-6-4-2-1-3-5(17)11(4)18-12(6)10(16)9(15)8(7)14/h1-3H. The minimum Gasteiger partial charge on any atom is -0.456 e. The minimum atomic E-state index is 0.259. The second kappa shape index (κ2) is 3.99. The van der Waals surface area contributed by atoms with Gasteiger partial charge in [0.2, 0.25) is 0 Å². The molecule has 0 N–H and O–H groups in total. The fourth-order valence-corrected chi connectivity index (χ4v) is 2.54. The summed E-state index contributed by atoms with van der Waals surface area (Å²) in [6, 6.07) is 5.67. The molecule has 1 nitrogen and oxygen atoms in total. The molecule has 0 amide bonds. The fourth-order valence-electron chi connectivity index (χ4n) is 2.09. The van der Waals surface area contributed by atoms with Crippen molar-refractivity contribution in [1.29, 1.82) is 0 Å². The summed E-state index contributed by atoms with van der Waals surface area (Å²) in [5.41, 5.74) is 2.42. The van der Waals surface area contributed by atoms with Crippen LogP contribution in [-0.4, -0.2) is 31.4 Å². The van der Waals surface area contributed by atoms with Gasteiger partial charge in [0.05, 0.1) is 4.47 Å². The molecule has 1 heterocycles. The van der Waals surface area contributed by atoms with Crippen molar-refractivity contribution in [2.75, 3.05) is 0 Å². The molecule has 18 heavy (non-hydrogen) atoms. The molecule has 0 fully saturated rings. The Morgan fingerprint density at radius 1 is 0.833 bits per heavy atom. The molecule has 0 bridgehead atoms. The van der Waals surface area contributed by atoms with Crippen LogP contribution < -0.4 is 21.9 Å². The van der Waals surface area contributed by atoms with Crippen LogP contribution in [0.4, 0.5) is 0 Å². The SMILES string of the molecule is [B]c1c([B])c([B])c2c(oc3c(Br)cccc32)c1[B]. The van der Waals surface area contributed by atoms with Crippen LogP contribution in [0.15, 0.2) is 27.1 Å². The highest BCUT2D eigenvalue weighted by atomic mass is 79.9. The van der Waals surface area contributed by atoms with E-state index in [0.29, 0.717) is 32.9 Å². The van der Waals surface area contributed by atoms with E-state index in [2.05, 4.69) is 15.9 Å². The first-order chi connectivity index (χ1) is 8.52. The van der Waals surface area contributed by atoms with Crippen molar-refractivity contribution >= 4 is 91.1 Å². The molecule has 0 unspecified atom stereocenters. The molecule has 0 saturated heterocycles. The van der Waals surface area contributed by atoms with Gasteiger partial charge in [-0.15, -0.1) is 10.9 Å². The van der Waals surface area contributed by atoms with Crippen LogP contribution in [0.1, 0.15) is 0 Å². The molecule has 8 radical (unpaired) electrons. The number of hydrogen-bond acceptors (Lipinski definition) is 1. The number of rotatable bonds is 0. The van der Waals surface area contributed by atoms with E-state index in [1.165, 1.54) is 0 Å². The van der Waals surface area contributed by atoms with Gasteiger partial charge in [0.15, 0.2) is 0 Å². The normalized spacial score (nSPS) is 11.4. The molecule has 0 saturated carbocycles. The van der Waals surface area contributed by atoms with Crippen molar-refractivity contribution in [1.82, 2.24) is 0 Å². The van der Waals surface area contributed by atoms with E-state index in [9.17, 15) is 0 Å². The van der Waals surface area contributed by atoms with Crippen molar-refractivity contribution in [2.24, 2.45) is 0 Å². The van der Waals surface area contributed by atoms with E-state index in [1.807, 2.05) is 18.2 Å². The maximum Gasteiger partial charge on any atom is 0.149 e. The van der Waals surface area contributed by atoms with Gasteiger partial charge in [0.1, 0.15) is 42.6 Å². The lowest BCUT2D eigenvalue weighted by atomic mass is 9.65. The van der Waals surface area contributed by atoms with Gasteiger partial charge in [-0.25, -0.2) is 0 Å². The van der Waals surface area contributed by atoms with Crippen LogP contribution in [0.2, 0.25) is 0 Å². The van der Waals surface area contributed by atoms with E-state index in [-0.39, 0.29) is 5.46 Å². The molecule has 0 aliphatic rings. The third-order valence-electron chi connectivity index (χ3n) is 3.05. The summed E-state index contributed by atoms with van der Waals surface area (Å²) >= 11 is 3.42. The molecule has 76 valence electrons.